The number of hydrogen-bond acceptors (Lipinski definition) is 5. The van der Waals surface area contributed by atoms with Gasteiger partial charge in [0.25, 0.3) is 10.0 Å². The van der Waals surface area contributed by atoms with Crippen LogP contribution in [0.3, 0.4) is 0 Å². The van der Waals surface area contributed by atoms with E-state index in [4.69, 9.17) is 0 Å². The second-order valence-corrected chi connectivity index (χ2v) is 6.54. The van der Waals surface area contributed by atoms with Crippen molar-refractivity contribution in [3.8, 4) is 0 Å². The van der Waals surface area contributed by atoms with E-state index in [9.17, 15) is 8.42 Å². The highest BCUT2D eigenvalue weighted by molar-refractivity contribution is 9.10. The third kappa shape index (κ3) is 2.70. The van der Waals surface area contributed by atoms with Crippen LogP contribution in [0.4, 0.5) is 5.82 Å². The van der Waals surface area contributed by atoms with Gasteiger partial charge in [-0.15, -0.1) is 5.10 Å². The molecule has 2 aromatic rings. The molecule has 0 radical (unpaired) electrons. The number of halogens is 2. The maximum atomic E-state index is 12.1. The zero-order valence-electron chi connectivity index (χ0n) is 9.00. The second-order valence-electron chi connectivity index (χ2n) is 3.27. The first kappa shape index (κ1) is 13.4. The largest absolute Gasteiger partial charge is 0.283 e. The van der Waals surface area contributed by atoms with E-state index < -0.39 is 10.0 Å². The van der Waals surface area contributed by atoms with Gasteiger partial charge in [-0.2, -0.15) is 8.42 Å². The van der Waals surface area contributed by atoms with Crippen LogP contribution in [0.15, 0.2) is 32.4 Å². The van der Waals surface area contributed by atoms with Gasteiger partial charge in [0.1, 0.15) is 5.82 Å². The van der Waals surface area contributed by atoms with E-state index in [2.05, 4.69) is 51.9 Å². The average Bonchev–Trinajstić information content (AvgIpc) is 2.58. The minimum absolute atomic E-state index is 0.0655. The number of nitrogens with zero attached hydrogens (tertiary/aromatic N) is 4. The zero-order valence-corrected chi connectivity index (χ0v) is 13.0. The Bertz CT molecular complexity index is 665. The highest BCUT2D eigenvalue weighted by Gasteiger charge is 2.24. The summed E-state index contributed by atoms with van der Waals surface area (Å²) in [7, 11) is -2.30. The summed E-state index contributed by atoms with van der Waals surface area (Å²) in [5.74, 6) is 0.206. The van der Waals surface area contributed by atoms with Gasteiger partial charge in [-0.05, 0) is 28.1 Å². The molecule has 0 aliphatic heterocycles. The van der Waals surface area contributed by atoms with Crippen molar-refractivity contribution in [3.63, 3.8) is 0 Å². The SMILES string of the molecule is Cn1nnc(Br)c1S(=O)(=O)Nc1cc(Br)ccn1. The van der Waals surface area contributed by atoms with Crippen LogP contribution in [-0.2, 0) is 17.1 Å². The lowest BCUT2D eigenvalue weighted by Gasteiger charge is -2.07. The van der Waals surface area contributed by atoms with Gasteiger partial charge >= 0.3 is 0 Å². The summed E-state index contributed by atoms with van der Waals surface area (Å²) < 4.78 is 28.6. The molecule has 0 spiro atoms. The van der Waals surface area contributed by atoms with Crippen LogP contribution in [0.5, 0.6) is 0 Å². The third-order valence-corrected chi connectivity index (χ3v) is 4.69. The first-order valence-electron chi connectivity index (χ1n) is 4.60. The molecule has 0 aliphatic rings. The lowest BCUT2D eigenvalue weighted by Crippen LogP contribution is -2.17. The van der Waals surface area contributed by atoms with E-state index >= 15 is 0 Å². The smallest absolute Gasteiger partial charge is 0.262 e. The second kappa shape index (κ2) is 4.94. The summed E-state index contributed by atoms with van der Waals surface area (Å²) in [5, 5.41) is 7.17. The Morgan fingerprint density at radius 1 is 1.39 bits per heavy atom. The van der Waals surface area contributed by atoms with Crippen LogP contribution >= 0.6 is 31.9 Å². The van der Waals surface area contributed by atoms with Gasteiger partial charge in [0, 0.05) is 17.7 Å². The Morgan fingerprint density at radius 2 is 2.11 bits per heavy atom. The van der Waals surface area contributed by atoms with Gasteiger partial charge in [0.15, 0.2) is 4.60 Å². The molecule has 2 heterocycles. The van der Waals surface area contributed by atoms with Crippen molar-refractivity contribution >= 4 is 47.7 Å². The summed E-state index contributed by atoms with van der Waals surface area (Å²) in [5.41, 5.74) is 0. The van der Waals surface area contributed by atoms with E-state index in [1.54, 1.807) is 12.1 Å². The van der Waals surface area contributed by atoms with Crippen LogP contribution in [0, 0.1) is 0 Å². The molecule has 96 valence electrons. The fourth-order valence-electron chi connectivity index (χ4n) is 1.25. The van der Waals surface area contributed by atoms with Gasteiger partial charge in [0.2, 0.25) is 5.03 Å². The highest BCUT2D eigenvalue weighted by atomic mass is 79.9. The molecule has 0 aromatic carbocycles. The molecule has 0 unspecified atom stereocenters. The van der Waals surface area contributed by atoms with Gasteiger partial charge in [-0.3, -0.25) is 4.72 Å². The van der Waals surface area contributed by atoms with Crippen molar-refractivity contribution in [3.05, 3.63) is 27.4 Å². The van der Waals surface area contributed by atoms with Crippen LogP contribution < -0.4 is 4.72 Å². The van der Waals surface area contributed by atoms with E-state index in [0.29, 0.717) is 0 Å². The Balaban J connectivity index is 2.39. The number of hydrogen-bond donors (Lipinski definition) is 1. The number of nitrogens with one attached hydrogen (secondary N) is 1. The third-order valence-electron chi connectivity index (χ3n) is 1.95. The summed E-state index contributed by atoms with van der Waals surface area (Å²) in [4.78, 5) is 3.91. The van der Waals surface area contributed by atoms with Crippen LogP contribution in [0.1, 0.15) is 0 Å². The molecule has 2 aromatic heterocycles. The molecule has 0 fully saturated rings. The Labute approximate surface area is 120 Å². The fraction of sp³-hybridized carbons (Fsp3) is 0.125. The van der Waals surface area contributed by atoms with Crippen LogP contribution in [0.25, 0.3) is 0 Å². The first-order chi connectivity index (χ1) is 8.40. The molecule has 0 atom stereocenters. The molecular formula is C8H7Br2N5O2S. The number of aryl methyl sites for hydroxylation is 1. The molecule has 0 bridgehead atoms. The number of pyridine rings is 1. The lowest BCUT2D eigenvalue weighted by molar-refractivity contribution is 0.578. The maximum Gasteiger partial charge on any atom is 0.283 e. The van der Waals surface area contributed by atoms with Crippen molar-refractivity contribution in [1.82, 2.24) is 20.0 Å². The molecule has 0 saturated heterocycles. The van der Waals surface area contributed by atoms with Crippen molar-refractivity contribution < 1.29 is 8.42 Å². The van der Waals surface area contributed by atoms with Crippen molar-refractivity contribution in [2.45, 2.75) is 5.03 Å². The van der Waals surface area contributed by atoms with Gasteiger partial charge in [0.05, 0.1) is 0 Å². The Morgan fingerprint density at radius 3 is 2.67 bits per heavy atom. The van der Waals surface area contributed by atoms with E-state index in [0.717, 1.165) is 9.15 Å². The molecule has 18 heavy (non-hydrogen) atoms. The number of rotatable bonds is 3. The van der Waals surface area contributed by atoms with Crippen molar-refractivity contribution in [2.75, 3.05) is 4.72 Å². The Hall–Kier alpha value is -1.00. The van der Waals surface area contributed by atoms with Gasteiger partial charge < -0.3 is 0 Å². The van der Waals surface area contributed by atoms with Gasteiger partial charge in [-0.1, -0.05) is 21.1 Å². The van der Waals surface area contributed by atoms with E-state index in [1.165, 1.54) is 13.2 Å². The summed E-state index contributed by atoms with van der Waals surface area (Å²) in [6, 6.07) is 3.24. The Kier molecular flexibility index (Phi) is 3.69. The normalized spacial score (nSPS) is 11.5. The molecule has 0 amide bonds. The summed E-state index contributed by atoms with van der Waals surface area (Å²) in [6.45, 7) is 0. The van der Waals surface area contributed by atoms with E-state index in [-0.39, 0.29) is 15.4 Å². The number of sulfonamides is 1. The van der Waals surface area contributed by atoms with Crippen molar-refractivity contribution in [2.24, 2.45) is 7.05 Å². The monoisotopic (exact) mass is 395 g/mol. The van der Waals surface area contributed by atoms with Gasteiger partial charge in [-0.25, -0.2) is 9.67 Å². The molecule has 0 saturated carbocycles. The average molecular weight is 397 g/mol. The minimum Gasteiger partial charge on any atom is -0.262 e. The molecule has 0 aliphatic carbocycles. The molecule has 2 rings (SSSR count). The maximum absolute atomic E-state index is 12.1. The summed E-state index contributed by atoms with van der Waals surface area (Å²) in [6.07, 6.45) is 1.48. The van der Waals surface area contributed by atoms with Crippen molar-refractivity contribution in [1.29, 1.82) is 0 Å². The van der Waals surface area contributed by atoms with E-state index in [1.807, 2.05) is 0 Å². The minimum atomic E-state index is -3.79. The lowest BCUT2D eigenvalue weighted by atomic mass is 10.5. The first-order valence-corrected chi connectivity index (χ1v) is 7.66. The molecule has 10 heteroatoms. The molecule has 7 nitrogen and oxygen atoms in total. The number of anilines is 1. The zero-order chi connectivity index (χ0) is 13.3. The highest BCUT2D eigenvalue weighted by Crippen LogP contribution is 2.21. The standard InChI is InChI=1S/C8H7Br2N5O2S/c1-15-8(7(10)12-14-15)18(16,17)13-6-4-5(9)2-3-11-6/h2-4H,1H3,(H,11,13). The predicted molar refractivity (Wildman–Crippen MR) is 71.4 cm³/mol. The number of aromatic nitrogens is 4. The topological polar surface area (TPSA) is 89.8 Å². The molecule has 1 N–H and O–H groups in total. The summed E-state index contributed by atoms with van der Waals surface area (Å²) >= 11 is 6.27. The quantitative estimate of drug-likeness (QED) is 0.849. The molecular weight excluding hydrogens is 390 g/mol. The predicted octanol–water partition coefficient (Wildman–Crippen LogP) is 1.54. The van der Waals surface area contributed by atoms with Crippen LogP contribution in [0.2, 0.25) is 0 Å². The fourth-order valence-corrected chi connectivity index (χ4v) is 3.69. The van der Waals surface area contributed by atoms with Crippen LogP contribution in [-0.4, -0.2) is 28.4 Å².